The quantitative estimate of drug-likeness (QED) is 0.141. The molecule has 4 aliphatic carbocycles. The van der Waals surface area contributed by atoms with Crippen LogP contribution in [0.25, 0.3) is 21.8 Å². The van der Waals surface area contributed by atoms with Crippen LogP contribution in [0.15, 0.2) is 36.4 Å². The second-order valence-corrected chi connectivity index (χ2v) is 26.5. The first-order chi connectivity index (χ1) is 21.5. The Morgan fingerprint density at radius 1 is 0.432 bits per heavy atom. The Balaban J connectivity index is 1.23. The van der Waals surface area contributed by atoms with Crippen molar-refractivity contribution in [2.75, 3.05) is 0 Å². The maximum absolute atomic E-state index is 5.58. The molecule has 0 N–H and O–H groups in total. The molecule has 7 rings (SSSR count). The molecule has 3 aromatic rings. The Labute approximate surface area is 271 Å². The SMILES string of the molecule is B[PH](Cc1ccc2ccc3ccc(C[PH](B)(C4CCCCC4)C4CCCCC4)nc3c2n1)(C1CCCCC1)C1CCCCC1. The van der Waals surface area contributed by atoms with Crippen LogP contribution in [0.3, 0.4) is 0 Å². The molecule has 0 radical (unpaired) electrons. The third-order valence-corrected chi connectivity index (χ3v) is 25.9. The number of nitrogens with zero attached hydrogens (tertiary/aromatic N) is 2. The molecule has 1 aromatic carbocycles. The van der Waals surface area contributed by atoms with Gasteiger partial charge in [0.05, 0.1) is 0 Å². The second-order valence-electron chi connectivity index (χ2n) is 16.5. The van der Waals surface area contributed by atoms with Crippen molar-refractivity contribution >= 4 is 51.2 Å². The number of fused-ring (bicyclic) bond motifs is 3. The molecular formula is C38H60B2N2P2. The van der Waals surface area contributed by atoms with E-state index in [4.69, 9.17) is 9.97 Å². The van der Waals surface area contributed by atoms with Gasteiger partial charge in [0.2, 0.25) is 0 Å². The Kier molecular flexibility index (Phi) is 10.1. The summed E-state index contributed by atoms with van der Waals surface area (Å²) >= 11 is 0. The number of hydrogen-bond donors (Lipinski definition) is 0. The fourth-order valence-electron chi connectivity index (χ4n) is 11.1. The van der Waals surface area contributed by atoms with E-state index in [1.54, 1.807) is 0 Å². The summed E-state index contributed by atoms with van der Waals surface area (Å²) in [6.07, 6.45) is 32.1. The molecule has 238 valence electrons. The van der Waals surface area contributed by atoms with Gasteiger partial charge < -0.3 is 0 Å². The number of rotatable bonds is 8. The van der Waals surface area contributed by atoms with Crippen LogP contribution in [0.1, 0.15) is 140 Å². The molecule has 4 saturated carbocycles. The van der Waals surface area contributed by atoms with Gasteiger partial charge in [-0.3, -0.25) is 0 Å². The molecule has 2 nitrogen and oxygen atoms in total. The van der Waals surface area contributed by atoms with Gasteiger partial charge in [-0.2, -0.15) is 0 Å². The summed E-state index contributed by atoms with van der Waals surface area (Å²) in [5.74, 6) is 0. The zero-order valence-corrected chi connectivity index (χ0v) is 30.2. The molecule has 0 saturated heterocycles. The van der Waals surface area contributed by atoms with Crippen LogP contribution < -0.4 is 0 Å². The van der Waals surface area contributed by atoms with E-state index in [0.29, 0.717) is 0 Å². The van der Waals surface area contributed by atoms with Crippen LogP contribution in [0.4, 0.5) is 0 Å². The van der Waals surface area contributed by atoms with E-state index in [1.807, 2.05) is 0 Å². The summed E-state index contributed by atoms with van der Waals surface area (Å²) < 4.78 is 0. The summed E-state index contributed by atoms with van der Waals surface area (Å²) in [7, 11) is 2.62. The third kappa shape index (κ3) is 6.57. The van der Waals surface area contributed by atoms with Crippen molar-refractivity contribution in [1.82, 2.24) is 9.97 Å². The van der Waals surface area contributed by atoms with Crippen LogP contribution >= 0.6 is 14.3 Å². The van der Waals surface area contributed by atoms with E-state index in [9.17, 15) is 0 Å². The number of benzene rings is 1. The first-order valence-corrected chi connectivity index (χ1v) is 24.9. The minimum atomic E-state index is -1.50. The molecule has 6 heteroatoms. The van der Waals surface area contributed by atoms with Gasteiger partial charge in [-0.25, -0.2) is 0 Å². The third-order valence-electron chi connectivity index (χ3n) is 13.9. The van der Waals surface area contributed by atoms with E-state index in [0.717, 1.165) is 22.6 Å². The zero-order valence-electron chi connectivity index (χ0n) is 28.2. The van der Waals surface area contributed by atoms with Gasteiger partial charge in [0.25, 0.3) is 0 Å². The van der Waals surface area contributed by atoms with Crippen molar-refractivity contribution in [3.63, 3.8) is 0 Å². The molecule has 0 aliphatic heterocycles. The van der Waals surface area contributed by atoms with Gasteiger partial charge in [0.1, 0.15) is 0 Å². The van der Waals surface area contributed by atoms with Crippen LogP contribution in [-0.2, 0) is 12.3 Å². The van der Waals surface area contributed by atoms with Crippen LogP contribution in [-0.4, -0.2) is 47.7 Å². The predicted octanol–water partition coefficient (Wildman–Crippen LogP) is 9.71. The van der Waals surface area contributed by atoms with E-state index in [1.165, 1.54) is 174 Å². The van der Waals surface area contributed by atoms with Crippen molar-refractivity contribution in [3.05, 3.63) is 47.8 Å². The molecule has 4 aliphatic rings. The van der Waals surface area contributed by atoms with Gasteiger partial charge in [0, 0.05) is 0 Å². The molecule has 0 bridgehead atoms. The Hall–Kier alpha value is -0.970. The average Bonchev–Trinajstić information content (AvgIpc) is 3.09. The summed E-state index contributed by atoms with van der Waals surface area (Å²) in [6.45, 7) is 0. The van der Waals surface area contributed by atoms with Gasteiger partial charge in [-0.1, -0.05) is 0 Å². The first kappa shape index (κ1) is 31.6. The molecule has 0 unspecified atom stereocenters. The summed E-state index contributed by atoms with van der Waals surface area (Å²) in [4.78, 5) is 11.2. The fourth-order valence-corrected chi connectivity index (χ4v) is 22.5. The molecular weight excluding hydrogens is 568 g/mol. The Morgan fingerprint density at radius 3 is 1.00 bits per heavy atom. The van der Waals surface area contributed by atoms with E-state index < -0.39 is 14.3 Å². The van der Waals surface area contributed by atoms with Gasteiger partial charge in [-0.15, -0.1) is 0 Å². The Morgan fingerprint density at radius 2 is 0.705 bits per heavy atom. The summed E-state index contributed by atoms with van der Waals surface area (Å²) in [6, 6.07) is 14.2. The van der Waals surface area contributed by atoms with Crippen LogP contribution in [0, 0.1) is 0 Å². The topological polar surface area (TPSA) is 25.8 Å². The predicted molar refractivity (Wildman–Crippen MR) is 206 cm³/mol. The van der Waals surface area contributed by atoms with Crippen molar-refractivity contribution in [3.8, 4) is 0 Å². The van der Waals surface area contributed by atoms with E-state index in [-0.39, 0.29) is 0 Å². The first-order valence-electron chi connectivity index (χ1n) is 19.2. The monoisotopic (exact) mass is 628 g/mol. The zero-order chi connectivity index (χ0) is 30.0. The van der Waals surface area contributed by atoms with Crippen LogP contribution in [0.2, 0.25) is 0 Å². The standard InChI is InChI=1S/C38H60B2N2P2/c39-43(33-13-5-1-6-14-33,34-15-7-2-8-16-34)27-31-25-23-29-21-22-30-24-26-32(42-38(30)37(29)41-31)28-44(40,35-17-9-3-10-18-35)36-19-11-4-12-20-36/h21-26,33-36,43-44H,1-20,27-28,39-40H2. The number of aromatic nitrogens is 2. The minimum absolute atomic E-state index is 0.997. The van der Waals surface area contributed by atoms with Crippen LogP contribution in [0.5, 0.6) is 0 Å². The molecule has 4 fully saturated rings. The van der Waals surface area contributed by atoms with Gasteiger partial charge >= 0.3 is 272 Å². The van der Waals surface area contributed by atoms with Crippen molar-refractivity contribution in [2.24, 2.45) is 0 Å². The van der Waals surface area contributed by atoms with Gasteiger partial charge in [0.15, 0.2) is 0 Å². The Bertz CT molecular complexity index is 1260. The van der Waals surface area contributed by atoms with Crippen molar-refractivity contribution in [1.29, 1.82) is 0 Å². The average molecular weight is 628 g/mol. The number of pyridine rings is 2. The van der Waals surface area contributed by atoms with E-state index >= 15 is 0 Å². The summed E-state index contributed by atoms with van der Waals surface area (Å²) in [5, 5.41) is 2.56. The number of hydrogen-bond acceptors (Lipinski definition) is 2. The molecule has 2 aromatic heterocycles. The molecule has 0 spiro atoms. The molecule has 0 atom stereocenters. The molecule has 2 heterocycles. The maximum atomic E-state index is 5.58. The summed E-state index contributed by atoms with van der Waals surface area (Å²) in [5.41, 5.74) is 9.12. The van der Waals surface area contributed by atoms with Crippen molar-refractivity contribution in [2.45, 2.75) is 163 Å². The van der Waals surface area contributed by atoms with E-state index in [2.05, 4.69) is 51.5 Å². The fraction of sp³-hybridized carbons (Fsp3) is 0.684. The van der Waals surface area contributed by atoms with Crippen molar-refractivity contribution < 1.29 is 0 Å². The van der Waals surface area contributed by atoms with Gasteiger partial charge in [-0.05, 0) is 0 Å². The normalized spacial score (nSPS) is 23.3. The molecule has 0 amide bonds. The molecule has 44 heavy (non-hydrogen) atoms. The second kappa shape index (κ2) is 14.0.